The minimum absolute atomic E-state index is 0.00838. The zero-order chi connectivity index (χ0) is 18.0. The first-order chi connectivity index (χ1) is 11.1. The second kappa shape index (κ2) is 7.23. The maximum absolute atomic E-state index is 13.2. The molecule has 0 aromatic rings. The highest BCUT2D eigenvalue weighted by Crippen LogP contribution is 2.37. The van der Waals surface area contributed by atoms with Crippen LogP contribution in [0.5, 0.6) is 0 Å². The topological polar surface area (TPSA) is 49.9 Å². The van der Waals surface area contributed by atoms with E-state index >= 15 is 0 Å². The van der Waals surface area contributed by atoms with Crippen molar-refractivity contribution in [1.82, 2.24) is 9.80 Å². The first-order valence-electron chi connectivity index (χ1n) is 8.69. The van der Waals surface area contributed by atoms with E-state index in [1.165, 1.54) is 0 Å². The monoisotopic (exact) mass is 346 g/mol. The van der Waals surface area contributed by atoms with Crippen LogP contribution in [0.4, 0.5) is 13.6 Å². The van der Waals surface area contributed by atoms with Gasteiger partial charge in [0.05, 0.1) is 0 Å². The van der Waals surface area contributed by atoms with Gasteiger partial charge in [-0.1, -0.05) is 0 Å². The quantitative estimate of drug-likeness (QED) is 0.771. The maximum Gasteiger partial charge on any atom is 0.410 e. The van der Waals surface area contributed by atoms with Crippen LogP contribution in [-0.4, -0.2) is 59.5 Å². The summed E-state index contributed by atoms with van der Waals surface area (Å²) in [6.07, 6.45) is 0.578. The van der Waals surface area contributed by atoms with E-state index in [0.29, 0.717) is 45.4 Å². The number of nitrogens with zero attached hydrogens (tertiary/aromatic N) is 2. The largest absolute Gasteiger partial charge is 0.444 e. The molecular formula is C17H28F2N2O3. The van der Waals surface area contributed by atoms with Crippen molar-refractivity contribution >= 4 is 12.0 Å². The molecule has 0 aromatic heterocycles. The lowest BCUT2D eigenvalue weighted by Crippen LogP contribution is -2.51. The molecule has 0 radical (unpaired) electrons. The number of hydrogen-bond donors (Lipinski definition) is 0. The Morgan fingerprint density at radius 2 is 1.54 bits per heavy atom. The Balaban J connectivity index is 1.74. The Morgan fingerprint density at radius 1 is 1.04 bits per heavy atom. The number of piperazine rings is 1. The molecule has 2 fully saturated rings. The Morgan fingerprint density at radius 3 is 2.04 bits per heavy atom. The second-order valence-corrected chi connectivity index (χ2v) is 7.85. The van der Waals surface area contributed by atoms with Crippen LogP contribution in [-0.2, 0) is 9.53 Å². The lowest BCUT2D eigenvalue weighted by molar-refractivity contribution is -0.135. The molecule has 0 unspecified atom stereocenters. The van der Waals surface area contributed by atoms with Crippen LogP contribution in [0.2, 0.25) is 0 Å². The van der Waals surface area contributed by atoms with E-state index in [4.69, 9.17) is 4.74 Å². The van der Waals surface area contributed by atoms with E-state index in [2.05, 4.69) is 0 Å². The van der Waals surface area contributed by atoms with Gasteiger partial charge < -0.3 is 14.5 Å². The summed E-state index contributed by atoms with van der Waals surface area (Å²) in [4.78, 5) is 27.7. The predicted octanol–water partition coefficient (Wildman–Crippen LogP) is 3.28. The van der Waals surface area contributed by atoms with Gasteiger partial charge in [0, 0.05) is 45.4 Å². The summed E-state index contributed by atoms with van der Waals surface area (Å²) in [6.45, 7) is 7.30. The van der Waals surface area contributed by atoms with Gasteiger partial charge in [0.15, 0.2) is 0 Å². The minimum Gasteiger partial charge on any atom is -0.444 e. The third-order valence-corrected chi connectivity index (χ3v) is 4.58. The van der Waals surface area contributed by atoms with Crippen LogP contribution in [0.25, 0.3) is 0 Å². The molecule has 2 rings (SSSR count). The van der Waals surface area contributed by atoms with Gasteiger partial charge in [-0.2, -0.15) is 0 Å². The third-order valence-electron chi connectivity index (χ3n) is 4.58. The van der Waals surface area contributed by atoms with Crippen LogP contribution < -0.4 is 0 Å². The SMILES string of the molecule is CC(C)(C)OC(=O)N1CCN(C(=O)CC2CCC(F)(F)CC2)CC1. The van der Waals surface area contributed by atoms with Gasteiger partial charge in [0.2, 0.25) is 11.8 Å². The van der Waals surface area contributed by atoms with Crippen molar-refractivity contribution in [2.75, 3.05) is 26.2 Å². The third kappa shape index (κ3) is 5.60. The fourth-order valence-electron chi connectivity index (χ4n) is 3.15. The van der Waals surface area contributed by atoms with Crippen molar-refractivity contribution in [3.05, 3.63) is 0 Å². The number of rotatable bonds is 2. The molecular weight excluding hydrogens is 318 g/mol. The highest BCUT2D eigenvalue weighted by molar-refractivity contribution is 5.77. The molecule has 0 spiro atoms. The van der Waals surface area contributed by atoms with Gasteiger partial charge in [-0.05, 0) is 39.5 Å². The Labute approximate surface area is 142 Å². The summed E-state index contributed by atoms with van der Waals surface area (Å²) in [5.74, 6) is -2.49. The molecule has 1 aliphatic carbocycles. The zero-order valence-corrected chi connectivity index (χ0v) is 14.8. The van der Waals surface area contributed by atoms with Gasteiger partial charge in [-0.25, -0.2) is 13.6 Å². The smallest absolute Gasteiger partial charge is 0.410 e. The van der Waals surface area contributed by atoms with E-state index in [0.717, 1.165) is 0 Å². The molecule has 0 aromatic carbocycles. The number of carbonyl (C=O) groups excluding carboxylic acids is 2. The lowest BCUT2D eigenvalue weighted by Gasteiger charge is -2.36. The molecule has 1 saturated heterocycles. The summed E-state index contributed by atoms with van der Waals surface area (Å²) in [6, 6.07) is 0. The molecule has 1 saturated carbocycles. The lowest BCUT2D eigenvalue weighted by atomic mass is 9.84. The van der Waals surface area contributed by atoms with Gasteiger partial charge in [-0.3, -0.25) is 4.79 Å². The number of alkyl halides is 2. The highest BCUT2D eigenvalue weighted by Gasteiger charge is 2.36. The standard InChI is InChI=1S/C17H28F2N2O3/c1-16(2,3)24-15(23)21-10-8-20(9-11-21)14(22)12-13-4-6-17(18,19)7-5-13/h13H,4-12H2,1-3H3. The fraction of sp³-hybridized carbons (Fsp3) is 0.882. The predicted molar refractivity (Wildman–Crippen MR) is 85.9 cm³/mol. The van der Waals surface area contributed by atoms with Gasteiger partial charge >= 0.3 is 6.09 Å². The number of ether oxygens (including phenoxy) is 1. The van der Waals surface area contributed by atoms with Crippen LogP contribution >= 0.6 is 0 Å². The molecule has 0 N–H and O–H groups in total. The van der Waals surface area contributed by atoms with Crippen LogP contribution in [0.3, 0.4) is 0 Å². The molecule has 5 nitrogen and oxygen atoms in total. The Hall–Kier alpha value is -1.40. The summed E-state index contributed by atoms with van der Waals surface area (Å²) in [7, 11) is 0. The van der Waals surface area contributed by atoms with Gasteiger partial charge in [0.25, 0.3) is 0 Å². The number of amides is 2. The first-order valence-corrected chi connectivity index (χ1v) is 8.69. The fourth-order valence-corrected chi connectivity index (χ4v) is 3.15. The van der Waals surface area contributed by atoms with Crippen molar-refractivity contribution in [1.29, 1.82) is 0 Å². The molecule has 24 heavy (non-hydrogen) atoms. The number of halogens is 2. The van der Waals surface area contributed by atoms with E-state index in [1.807, 2.05) is 20.8 Å². The van der Waals surface area contributed by atoms with Gasteiger partial charge in [0.1, 0.15) is 5.60 Å². The average Bonchev–Trinajstić information content (AvgIpc) is 2.48. The molecule has 138 valence electrons. The maximum atomic E-state index is 13.2. The summed E-state index contributed by atoms with van der Waals surface area (Å²) in [5, 5.41) is 0. The average molecular weight is 346 g/mol. The van der Waals surface area contributed by atoms with Crippen molar-refractivity contribution < 1.29 is 23.1 Å². The number of carbonyl (C=O) groups is 2. The Kier molecular flexibility index (Phi) is 5.71. The van der Waals surface area contributed by atoms with Crippen molar-refractivity contribution in [2.45, 2.75) is 64.4 Å². The van der Waals surface area contributed by atoms with Crippen LogP contribution in [0, 0.1) is 5.92 Å². The molecule has 2 amide bonds. The summed E-state index contributed by atoms with van der Waals surface area (Å²) >= 11 is 0. The molecule has 1 aliphatic heterocycles. The van der Waals surface area contributed by atoms with E-state index < -0.39 is 11.5 Å². The normalized spacial score (nSPS) is 22.4. The summed E-state index contributed by atoms with van der Waals surface area (Å²) < 4.78 is 31.6. The van der Waals surface area contributed by atoms with Crippen LogP contribution in [0.15, 0.2) is 0 Å². The zero-order valence-electron chi connectivity index (χ0n) is 14.8. The van der Waals surface area contributed by atoms with Crippen molar-refractivity contribution in [3.8, 4) is 0 Å². The molecule has 0 atom stereocenters. The van der Waals surface area contributed by atoms with Crippen molar-refractivity contribution in [3.63, 3.8) is 0 Å². The van der Waals surface area contributed by atoms with E-state index in [9.17, 15) is 18.4 Å². The van der Waals surface area contributed by atoms with Crippen molar-refractivity contribution in [2.24, 2.45) is 5.92 Å². The second-order valence-electron chi connectivity index (χ2n) is 7.85. The molecule has 0 bridgehead atoms. The Bertz CT molecular complexity index is 459. The van der Waals surface area contributed by atoms with E-state index in [-0.39, 0.29) is 30.8 Å². The summed E-state index contributed by atoms with van der Waals surface area (Å²) in [5.41, 5.74) is -0.535. The molecule has 2 aliphatic rings. The highest BCUT2D eigenvalue weighted by atomic mass is 19.3. The number of hydrogen-bond acceptors (Lipinski definition) is 3. The molecule has 1 heterocycles. The first kappa shape index (κ1) is 18.9. The van der Waals surface area contributed by atoms with E-state index in [1.54, 1.807) is 9.80 Å². The van der Waals surface area contributed by atoms with Gasteiger partial charge in [-0.15, -0.1) is 0 Å². The molecule has 7 heteroatoms. The van der Waals surface area contributed by atoms with Crippen LogP contribution in [0.1, 0.15) is 52.9 Å². The minimum atomic E-state index is -2.56.